The van der Waals surface area contributed by atoms with Gasteiger partial charge in [0.15, 0.2) is 0 Å². The van der Waals surface area contributed by atoms with Gasteiger partial charge in [-0.25, -0.2) is 0 Å². The van der Waals surface area contributed by atoms with Gasteiger partial charge in [0.25, 0.3) is 0 Å². The molecule has 4 heteroatoms. The lowest BCUT2D eigenvalue weighted by molar-refractivity contribution is -0.127. The maximum Gasteiger partial charge on any atom is 0.225 e. The van der Waals surface area contributed by atoms with Crippen molar-refractivity contribution < 1.29 is 9.59 Å². The summed E-state index contributed by atoms with van der Waals surface area (Å²) >= 11 is 0. The van der Waals surface area contributed by atoms with E-state index >= 15 is 0 Å². The third kappa shape index (κ3) is 2.58. The molecule has 2 aliphatic rings. The molecule has 0 aromatic carbocycles. The van der Waals surface area contributed by atoms with E-state index in [0.29, 0.717) is 13.0 Å². The minimum absolute atomic E-state index is 0.0151. The summed E-state index contributed by atoms with van der Waals surface area (Å²) in [6, 6.07) is 0.262. The highest BCUT2D eigenvalue weighted by Crippen LogP contribution is 2.13. The number of hydrogen-bond donors (Lipinski definition) is 2. The van der Waals surface area contributed by atoms with Gasteiger partial charge in [-0.1, -0.05) is 12.2 Å². The summed E-state index contributed by atoms with van der Waals surface area (Å²) in [5.41, 5.74) is 0. The van der Waals surface area contributed by atoms with Gasteiger partial charge in [0.1, 0.15) is 0 Å². The molecule has 0 aromatic heterocycles. The molecule has 1 aliphatic carbocycles. The first-order chi connectivity index (χ1) is 7.25. The Balaban J connectivity index is 1.81. The van der Waals surface area contributed by atoms with Crippen molar-refractivity contribution in [3.8, 4) is 0 Å². The largest absolute Gasteiger partial charge is 0.355 e. The van der Waals surface area contributed by atoms with Crippen LogP contribution in [0.15, 0.2) is 12.2 Å². The quantitative estimate of drug-likeness (QED) is 0.643. The Morgan fingerprint density at radius 1 is 1.47 bits per heavy atom. The zero-order chi connectivity index (χ0) is 10.7. The summed E-state index contributed by atoms with van der Waals surface area (Å²) in [6.45, 7) is 0.493. The molecule has 0 spiro atoms. The molecule has 0 bridgehead atoms. The Kier molecular flexibility index (Phi) is 3.04. The molecule has 1 saturated heterocycles. The summed E-state index contributed by atoms with van der Waals surface area (Å²) in [5.74, 6) is -0.157. The Labute approximate surface area is 89.1 Å². The van der Waals surface area contributed by atoms with Crippen LogP contribution in [0.3, 0.4) is 0 Å². The van der Waals surface area contributed by atoms with E-state index in [0.717, 1.165) is 19.3 Å². The van der Waals surface area contributed by atoms with Gasteiger partial charge in [-0.05, 0) is 19.3 Å². The number of allylic oxidation sites excluding steroid dienone is 1. The molecule has 1 heterocycles. The van der Waals surface area contributed by atoms with Gasteiger partial charge in [-0.15, -0.1) is 0 Å². The van der Waals surface area contributed by atoms with Crippen LogP contribution in [0.5, 0.6) is 0 Å². The molecule has 0 aromatic rings. The van der Waals surface area contributed by atoms with Gasteiger partial charge in [0, 0.05) is 19.0 Å². The topological polar surface area (TPSA) is 58.2 Å². The molecule has 2 N–H and O–H groups in total. The highest BCUT2D eigenvalue weighted by atomic mass is 16.2. The SMILES string of the molecule is O=C1CC(C(=O)NC2CC=CCC2)CN1. The van der Waals surface area contributed by atoms with Crippen LogP contribution in [0.2, 0.25) is 0 Å². The van der Waals surface area contributed by atoms with Crippen molar-refractivity contribution in [2.75, 3.05) is 6.54 Å². The molecule has 2 atom stereocenters. The molecule has 2 rings (SSSR count). The van der Waals surface area contributed by atoms with E-state index in [1.165, 1.54) is 0 Å². The number of carbonyl (C=O) groups is 2. The number of amides is 2. The molecule has 1 aliphatic heterocycles. The van der Waals surface area contributed by atoms with E-state index in [9.17, 15) is 9.59 Å². The first-order valence-electron chi connectivity index (χ1n) is 5.48. The standard InChI is InChI=1S/C11H16N2O2/c14-10-6-8(7-12-10)11(15)13-9-4-2-1-3-5-9/h1-2,8-9H,3-7H2,(H,12,14)(H,13,15). The van der Waals surface area contributed by atoms with Crippen molar-refractivity contribution in [1.82, 2.24) is 10.6 Å². The summed E-state index contributed by atoms with van der Waals surface area (Å²) in [7, 11) is 0. The second kappa shape index (κ2) is 4.47. The molecule has 15 heavy (non-hydrogen) atoms. The van der Waals surface area contributed by atoms with Crippen LogP contribution >= 0.6 is 0 Å². The van der Waals surface area contributed by atoms with Gasteiger partial charge >= 0.3 is 0 Å². The fourth-order valence-electron chi connectivity index (χ4n) is 2.03. The van der Waals surface area contributed by atoms with Crippen molar-refractivity contribution in [2.45, 2.75) is 31.7 Å². The van der Waals surface area contributed by atoms with Crippen LogP contribution < -0.4 is 10.6 Å². The van der Waals surface area contributed by atoms with Gasteiger partial charge in [0.2, 0.25) is 11.8 Å². The van der Waals surface area contributed by atoms with Crippen LogP contribution in [-0.2, 0) is 9.59 Å². The average Bonchev–Trinajstić information content (AvgIpc) is 2.66. The molecule has 2 amide bonds. The van der Waals surface area contributed by atoms with Gasteiger partial charge in [0.05, 0.1) is 5.92 Å². The second-order valence-electron chi connectivity index (χ2n) is 4.20. The van der Waals surface area contributed by atoms with Crippen molar-refractivity contribution in [1.29, 1.82) is 0 Å². The van der Waals surface area contributed by atoms with Crippen LogP contribution in [0.1, 0.15) is 25.7 Å². The van der Waals surface area contributed by atoms with Crippen LogP contribution in [0.25, 0.3) is 0 Å². The predicted molar refractivity (Wildman–Crippen MR) is 56.0 cm³/mol. The van der Waals surface area contributed by atoms with Gasteiger partial charge in [-0.3, -0.25) is 9.59 Å². The van der Waals surface area contributed by atoms with E-state index in [1.807, 2.05) is 0 Å². The number of carbonyl (C=O) groups excluding carboxylic acids is 2. The third-order valence-corrected chi connectivity index (χ3v) is 2.96. The maximum absolute atomic E-state index is 11.7. The second-order valence-corrected chi connectivity index (χ2v) is 4.20. The lowest BCUT2D eigenvalue weighted by Gasteiger charge is -2.20. The zero-order valence-corrected chi connectivity index (χ0v) is 8.66. The zero-order valence-electron chi connectivity index (χ0n) is 8.66. The Bertz CT molecular complexity index is 299. The summed E-state index contributed by atoms with van der Waals surface area (Å²) in [5, 5.41) is 5.67. The Morgan fingerprint density at radius 2 is 2.33 bits per heavy atom. The lowest BCUT2D eigenvalue weighted by Crippen LogP contribution is -2.39. The van der Waals surface area contributed by atoms with Gasteiger partial charge < -0.3 is 10.6 Å². The van der Waals surface area contributed by atoms with Crippen LogP contribution in [-0.4, -0.2) is 24.4 Å². The van der Waals surface area contributed by atoms with E-state index in [-0.39, 0.29) is 23.8 Å². The van der Waals surface area contributed by atoms with E-state index in [1.54, 1.807) is 0 Å². The highest BCUT2D eigenvalue weighted by Gasteiger charge is 2.28. The first-order valence-corrected chi connectivity index (χ1v) is 5.48. The number of rotatable bonds is 2. The lowest BCUT2D eigenvalue weighted by atomic mass is 10.0. The fourth-order valence-corrected chi connectivity index (χ4v) is 2.03. The molecule has 2 unspecified atom stereocenters. The molecular weight excluding hydrogens is 192 g/mol. The van der Waals surface area contributed by atoms with E-state index < -0.39 is 0 Å². The van der Waals surface area contributed by atoms with E-state index in [4.69, 9.17) is 0 Å². The third-order valence-electron chi connectivity index (χ3n) is 2.96. The number of nitrogens with one attached hydrogen (secondary N) is 2. The average molecular weight is 208 g/mol. The van der Waals surface area contributed by atoms with Crippen molar-refractivity contribution >= 4 is 11.8 Å². The monoisotopic (exact) mass is 208 g/mol. The molecule has 1 fully saturated rings. The Hall–Kier alpha value is -1.32. The van der Waals surface area contributed by atoms with Crippen LogP contribution in [0.4, 0.5) is 0 Å². The summed E-state index contributed by atoms with van der Waals surface area (Å²) in [6.07, 6.45) is 7.55. The minimum Gasteiger partial charge on any atom is -0.355 e. The Morgan fingerprint density at radius 3 is 2.93 bits per heavy atom. The summed E-state index contributed by atoms with van der Waals surface area (Å²) < 4.78 is 0. The predicted octanol–water partition coefficient (Wildman–Crippen LogP) is 0.347. The molecule has 82 valence electrons. The molecule has 0 radical (unpaired) electrons. The van der Waals surface area contributed by atoms with Gasteiger partial charge in [-0.2, -0.15) is 0 Å². The minimum atomic E-state index is -0.164. The van der Waals surface area contributed by atoms with Crippen LogP contribution in [0, 0.1) is 5.92 Å². The van der Waals surface area contributed by atoms with Crippen molar-refractivity contribution in [3.63, 3.8) is 0 Å². The summed E-state index contributed by atoms with van der Waals surface area (Å²) in [4.78, 5) is 22.7. The highest BCUT2D eigenvalue weighted by molar-refractivity contribution is 5.89. The maximum atomic E-state index is 11.7. The molecule has 4 nitrogen and oxygen atoms in total. The molecular formula is C11H16N2O2. The number of hydrogen-bond acceptors (Lipinski definition) is 2. The van der Waals surface area contributed by atoms with Crippen molar-refractivity contribution in [2.24, 2.45) is 5.92 Å². The van der Waals surface area contributed by atoms with Crippen molar-refractivity contribution in [3.05, 3.63) is 12.2 Å². The van der Waals surface area contributed by atoms with E-state index in [2.05, 4.69) is 22.8 Å². The first kappa shape index (κ1) is 10.2. The normalized spacial score (nSPS) is 30.0. The smallest absolute Gasteiger partial charge is 0.225 e. The fraction of sp³-hybridized carbons (Fsp3) is 0.636. The molecule has 0 saturated carbocycles.